The Labute approximate surface area is 143 Å². The standard InChI is InChI=1S/C15H23N3O3S.ClH/c1-16-22(20,21)14-7-4-12(5-8-14)6-9-15(19)18-13-3-2-10-17-11-13;/h4-5,7-8,13,16-17H,2-3,6,9-11H2,1H3,(H,18,19);1H/t13-;/m0./s1. The Balaban J connectivity index is 0.00000264. The first kappa shape index (κ1) is 19.9. The summed E-state index contributed by atoms with van der Waals surface area (Å²) >= 11 is 0. The zero-order chi connectivity index (χ0) is 16.0. The van der Waals surface area contributed by atoms with Gasteiger partial charge in [-0.25, -0.2) is 13.1 Å². The molecule has 8 heteroatoms. The Morgan fingerprint density at radius 2 is 2.00 bits per heavy atom. The minimum atomic E-state index is -3.40. The van der Waals surface area contributed by atoms with Crippen LogP contribution in [0.1, 0.15) is 24.8 Å². The second-order valence-electron chi connectivity index (χ2n) is 5.46. The van der Waals surface area contributed by atoms with Gasteiger partial charge >= 0.3 is 0 Å². The smallest absolute Gasteiger partial charge is 0.240 e. The molecule has 23 heavy (non-hydrogen) atoms. The maximum absolute atomic E-state index is 11.9. The third-order valence-corrected chi connectivity index (χ3v) is 5.24. The van der Waals surface area contributed by atoms with Gasteiger partial charge in [-0.1, -0.05) is 12.1 Å². The van der Waals surface area contributed by atoms with Crippen molar-refractivity contribution in [3.8, 4) is 0 Å². The van der Waals surface area contributed by atoms with Gasteiger partial charge in [0.05, 0.1) is 4.90 Å². The quantitative estimate of drug-likeness (QED) is 0.700. The van der Waals surface area contributed by atoms with Crippen molar-refractivity contribution in [2.45, 2.75) is 36.6 Å². The molecule has 0 aliphatic carbocycles. The molecule has 1 saturated heterocycles. The van der Waals surface area contributed by atoms with Crippen molar-refractivity contribution in [1.82, 2.24) is 15.4 Å². The number of rotatable bonds is 6. The van der Waals surface area contributed by atoms with E-state index in [1.807, 2.05) is 0 Å². The third-order valence-electron chi connectivity index (χ3n) is 3.81. The minimum Gasteiger partial charge on any atom is -0.352 e. The van der Waals surface area contributed by atoms with Crippen molar-refractivity contribution in [2.24, 2.45) is 0 Å². The number of nitrogens with one attached hydrogen (secondary N) is 3. The van der Waals surface area contributed by atoms with Gasteiger partial charge in [0.15, 0.2) is 0 Å². The van der Waals surface area contributed by atoms with Gasteiger partial charge in [0.25, 0.3) is 0 Å². The summed E-state index contributed by atoms with van der Waals surface area (Å²) in [5.74, 6) is 0.0422. The van der Waals surface area contributed by atoms with Gasteiger partial charge in [-0.2, -0.15) is 0 Å². The topological polar surface area (TPSA) is 87.3 Å². The van der Waals surface area contributed by atoms with Gasteiger partial charge in [-0.3, -0.25) is 4.79 Å². The summed E-state index contributed by atoms with van der Waals surface area (Å²) in [4.78, 5) is 12.1. The molecule has 2 rings (SSSR count). The highest BCUT2D eigenvalue weighted by Crippen LogP contribution is 2.11. The van der Waals surface area contributed by atoms with Crippen LogP contribution in [0.25, 0.3) is 0 Å². The van der Waals surface area contributed by atoms with Crippen molar-refractivity contribution in [3.63, 3.8) is 0 Å². The van der Waals surface area contributed by atoms with E-state index in [1.54, 1.807) is 24.3 Å². The van der Waals surface area contributed by atoms with Crippen LogP contribution in [-0.4, -0.2) is 40.5 Å². The minimum absolute atomic E-state index is 0. The summed E-state index contributed by atoms with van der Waals surface area (Å²) in [6.07, 6.45) is 3.13. The Bertz CT molecular complexity index is 599. The first-order chi connectivity index (χ1) is 10.5. The molecule has 1 atom stereocenters. The fourth-order valence-corrected chi connectivity index (χ4v) is 3.22. The molecule has 1 aliphatic rings. The molecule has 0 bridgehead atoms. The van der Waals surface area contributed by atoms with E-state index in [-0.39, 0.29) is 29.3 Å². The van der Waals surface area contributed by atoms with Crippen molar-refractivity contribution in [2.75, 3.05) is 20.1 Å². The first-order valence-electron chi connectivity index (χ1n) is 7.54. The predicted octanol–water partition coefficient (Wildman–Crippen LogP) is 0.817. The van der Waals surface area contributed by atoms with Crippen molar-refractivity contribution in [1.29, 1.82) is 0 Å². The summed E-state index contributed by atoms with van der Waals surface area (Å²) < 4.78 is 25.5. The molecule has 6 nitrogen and oxygen atoms in total. The highest BCUT2D eigenvalue weighted by atomic mass is 35.5. The SMILES string of the molecule is CNS(=O)(=O)c1ccc(CCC(=O)N[C@H]2CCCNC2)cc1.Cl. The largest absolute Gasteiger partial charge is 0.352 e. The van der Waals surface area contributed by atoms with E-state index in [9.17, 15) is 13.2 Å². The van der Waals surface area contributed by atoms with E-state index in [0.29, 0.717) is 12.8 Å². The zero-order valence-electron chi connectivity index (χ0n) is 13.2. The number of carbonyl (C=O) groups excluding carboxylic acids is 1. The molecule has 0 saturated carbocycles. The van der Waals surface area contributed by atoms with E-state index >= 15 is 0 Å². The van der Waals surface area contributed by atoms with Crippen LogP contribution in [0, 0.1) is 0 Å². The number of aryl methyl sites for hydroxylation is 1. The summed E-state index contributed by atoms with van der Waals surface area (Å²) in [5.41, 5.74) is 0.951. The van der Waals surface area contributed by atoms with Crippen LogP contribution in [0.2, 0.25) is 0 Å². The van der Waals surface area contributed by atoms with E-state index < -0.39 is 10.0 Å². The van der Waals surface area contributed by atoms with Crippen LogP contribution in [0.3, 0.4) is 0 Å². The van der Waals surface area contributed by atoms with Gasteiger partial charge in [0, 0.05) is 19.0 Å². The molecule has 130 valence electrons. The van der Waals surface area contributed by atoms with Crippen LogP contribution < -0.4 is 15.4 Å². The molecule has 1 aliphatic heterocycles. The van der Waals surface area contributed by atoms with Crippen LogP contribution in [0.15, 0.2) is 29.2 Å². The monoisotopic (exact) mass is 361 g/mol. The van der Waals surface area contributed by atoms with Gasteiger partial charge < -0.3 is 10.6 Å². The molecule has 1 amide bonds. The molecule has 1 fully saturated rings. The number of hydrogen-bond donors (Lipinski definition) is 3. The second-order valence-corrected chi connectivity index (χ2v) is 7.35. The van der Waals surface area contributed by atoms with Crippen molar-refractivity contribution in [3.05, 3.63) is 29.8 Å². The number of hydrogen-bond acceptors (Lipinski definition) is 4. The molecular formula is C15H24ClN3O3S. The molecular weight excluding hydrogens is 338 g/mol. The van der Waals surface area contributed by atoms with Crippen LogP contribution in [-0.2, 0) is 21.2 Å². The number of carbonyl (C=O) groups is 1. The molecule has 3 N–H and O–H groups in total. The predicted molar refractivity (Wildman–Crippen MR) is 92.3 cm³/mol. The van der Waals surface area contributed by atoms with Gasteiger partial charge in [0.1, 0.15) is 0 Å². The average Bonchev–Trinajstić information content (AvgIpc) is 2.54. The number of piperidine rings is 1. The van der Waals surface area contributed by atoms with E-state index in [4.69, 9.17) is 0 Å². The molecule has 1 heterocycles. The fraction of sp³-hybridized carbons (Fsp3) is 0.533. The lowest BCUT2D eigenvalue weighted by Crippen LogP contribution is -2.45. The maximum Gasteiger partial charge on any atom is 0.240 e. The summed E-state index contributed by atoms with van der Waals surface area (Å²) in [5, 5.41) is 6.29. The second kappa shape index (κ2) is 9.22. The molecule has 1 aromatic carbocycles. The summed E-state index contributed by atoms with van der Waals surface area (Å²) in [6, 6.07) is 6.84. The number of benzene rings is 1. The molecule has 1 aromatic rings. The van der Waals surface area contributed by atoms with Gasteiger partial charge in [0.2, 0.25) is 15.9 Å². The summed E-state index contributed by atoms with van der Waals surface area (Å²) in [6.45, 7) is 1.86. The van der Waals surface area contributed by atoms with E-state index in [0.717, 1.165) is 31.5 Å². The normalized spacial score (nSPS) is 18.0. The van der Waals surface area contributed by atoms with Crippen molar-refractivity contribution < 1.29 is 13.2 Å². The van der Waals surface area contributed by atoms with Crippen LogP contribution in [0.4, 0.5) is 0 Å². The van der Waals surface area contributed by atoms with Gasteiger partial charge in [-0.05, 0) is 50.6 Å². The lowest BCUT2D eigenvalue weighted by molar-refractivity contribution is -0.121. The third kappa shape index (κ3) is 6.10. The lowest BCUT2D eigenvalue weighted by atomic mass is 10.1. The first-order valence-corrected chi connectivity index (χ1v) is 9.02. The number of amides is 1. The Morgan fingerprint density at radius 1 is 1.30 bits per heavy atom. The lowest BCUT2D eigenvalue weighted by Gasteiger charge is -2.23. The Kier molecular flexibility index (Phi) is 7.98. The van der Waals surface area contributed by atoms with Crippen molar-refractivity contribution >= 4 is 28.3 Å². The Hall–Kier alpha value is -1.15. The highest BCUT2D eigenvalue weighted by molar-refractivity contribution is 7.89. The maximum atomic E-state index is 11.9. The zero-order valence-corrected chi connectivity index (χ0v) is 14.8. The molecule has 0 spiro atoms. The molecule has 0 unspecified atom stereocenters. The van der Waals surface area contributed by atoms with Crippen LogP contribution >= 0.6 is 12.4 Å². The highest BCUT2D eigenvalue weighted by Gasteiger charge is 2.15. The van der Waals surface area contributed by atoms with Gasteiger partial charge in [-0.15, -0.1) is 12.4 Å². The van der Waals surface area contributed by atoms with Crippen LogP contribution in [0.5, 0.6) is 0 Å². The summed E-state index contributed by atoms with van der Waals surface area (Å²) in [7, 11) is -2.02. The average molecular weight is 362 g/mol. The Morgan fingerprint density at radius 3 is 2.57 bits per heavy atom. The molecule has 0 radical (unpaired) electrons. The van der Waals surface area contributed by atoms with E-state index in [2.05, 4.69) is 15.4 Å². The number of halogens is 1. The molecule has 0 aromatic heterocycles. The van der Waals surface area contributed by atoms with E-state index in [1.165, 1.54) is 7.05 Å². The number of sulfonamides is 1. The fourth-order valence-electron chi connectivity index (χ4n) is 2.49.